The van der Waals surface area contributed by atoms with Gasteiger partial charge in [-0.3, -0.25) is 4.79 Å². The van der Waals surface area contributed by atoms with Gasteiger partial charge in [0.1, 0.15) is 5.75 Å². The molecule has 2 aromatic rings. The molecule has 2 atom stereocenters. The van der Waals surface area contributed by atoms with Crippen molar-refractivity contribution >= 4 is 5.97 Å². The van der Waals surface area contributed by atoms with Crippen LogP contribution in [0.5, 0.6) is 5.75 Å². The number of fused-ring (bicyclic) bond motifs is 1. The molecule has 0 bridgehead atoms. The van der Waals surface area contributed by atoms with Gasteiger partial charge in [0.05, 0.1) is 12.2 Å². The highest BCUT2D eigenvalue weighted by Crippen LogP contribution is 2.35. The molecule has 0 spiro atoms. The van der Waals surface area contributed by atoms with Crippen molar-refractivity contribution in [3.63, 3.8) is 0 Å². The second-order valence-electron chi connectivity index (χ2n) is 5.02. The van der Waals surface area contributed by atoms with Gasteiger partial charge in [0.2, 0.25) is 0 Å². The zero-order valence-corrected chi connectivity index (χ0v) is 11.2. The number of nitrogens with zero attached hydrogens (tertiary/aromatic N) is 2. The molecule has 0 amide bonds. The summed E-state index contributed by atoms with van der Waals surface area (Å²) in [6, 6.07) is 5.66. The Morgan fingerprint density at radius 3 is 3.10 bits per heavy atom. The molecule has 1 aliphatic carbocycles. The van der Waals surface area contributed by atoms with Crippen LogP contribution in [0, 0.1) is 0 Å². The molecule has 1 aromatic carbocycles. The number of imidazole rings is 1. The summed E-state index contributed by atoms with van der Waals surface area (Å²) < 4.78 is 7.72. The van der Waals surface area contributed by atoms with Gasteiger partial charge in [0.25, 0.3) is 0 Å². The van der Waals surface area contributed by atoms with Crippen LogP contribution in [0.25, 0.3) is 0 Å². The molecule has 2 unspecified atom stereocenters. The Morgan fingerprint density at radius 1 is 1.55 bits per heavy atom. The molecule has 1 aromatic heterocycles. The van der Waals surface area contributed by atoms with E-state index < -0.39 is 5.97 Å². The zero-order chi connectivity index (χ0) is 14.1. The van der Waals surface area contributed by atoms with E-state index in [1.165, 1.54) is 0 Å². The maximum Gasteiger partial charge on any atom is 0.310 e. The van der Waals surface area contributed by atoms with E-state index in [-0.39, 0.29) is 12.1 Å². The summed E-state index contributed by atoms with van der Waals surface area (Å²) >= 11 is 0. The minimum atomic E-state index is -0.746. The second-order valence-corrected chi connectivity index (χ2v) is 5.02. The highest BCUT2D eigenvalue weighted by atomic mass is 16.5. The number of aliphatic carboxylic acids is 1. The van der Waals surface area contributed by atoms with Crippen LogP contribution >= 0.6 is 0 Å². The normalized spacial score (nSPS) is 18.6. The Kier molecular flexibility index (Phi) is 3.18. The molecule has 20 heavy (non-hydrogen) atoms. The molecule has 0 saturated heterocycles. The smallest absolute Gasteiger partial charge is 0.310 e. The van der Waals surface area contributed by atoms with Crippen LogP contribution in [0.15, 0.2) is 36.9 Å². The molecule has 104 valence electrons. The number of hydrogen-bond donors (Lipinski definition) is 1. The topological polar surface area (TPSA) is 64.3 Å². The quantitative estimate of drug-likeness (QED) is 0.929. The average Bonchev–Trinajstić information content (AvgIpc) is 3.07. The number of aryl methyl sites for hydroxylation is 1. The van der Waals surface area contributed by atoms with Crippen LogP contribution in [0.4, 0.5) is 0 Å². The number of benzene rings is 1. The average molecular weight is 272 g/mol. The molecule has 1 heterocycles. The first kappa shape index (κ1) is 12.7. The molecule has 0 radical (unpaired) electrons. The third kappa shape index (κ3) is 2.27. The van der Waals surface area contributed by atoms with Crippen LogP contribution in [0.3, 0.4) is 0 Å². The lowest BCUT2D eigenvalue weighted by molar-refractivity contribution is -0.138. The van der Waals surface area contributed by atoms with E-state index in [2.05, 4.69) is 4.98 Å². The first-order chi connectivity index (χ1) is 9.65. The minimum Gasteiger partial charge on any atom is -0.481 e. The Hall–Kier alpha value is -2.30. The Labute approximate surface area is 116 Å². The maximum absolute atomic E-state index is 11.1. The van der Waals surface area contributed by atoms with Gasteiger partial charge in [-0.25, -0.2) is 4.98 Å². The van der Waals surface area contributed by atoms with Crippen LogP contribution in [0.1, 0.15) is 36.6 Å². The summed E-state index contributed by atoms with van der Waals surface area (Å²) in [5, 5.41) is 9.16. The van der Waals surface area contributed by atoms with E-state index in [1.807, 2.05) is 35.9 Å². The molecule has 1 N–H and O–H groups in total. The van der Waals surface area contributed by atoms with Gasteiger partial charge < -0.3 is 14.4 Å². The molecular weight excluding hydrogens is 256 g/mol. The van der Waals surface area contributed by atoms with Crippen molar-refractivity contribution in [1.29, 1.82) is 0 Å². The van der Waals surface area contributed by atoms with Crippen molar-refractivity contribution in [3.8, 4) is 5.75 Å². The van der Waals surface area contributed by atoms with Crippen molar-refractivity contribution in [3.05, 3.63) is 48.0 Å². The van der Waals surface area contributed by atoms with Crippen LogP contribution < -0.4 is 4.74 Å². The number of ether oxygens (including phenoxy) is 1. The van der Waals surface area contributed by atoms with Gasteiger partial charge in [-0.1, -0.05) is 6.07 Å². The fourth-order valence-electron chi connectivity index (χ4n) is 2.67. The minimum absolute atomic E-state index is 0.146. The number of carboxylic acids is 1. The summed E-state index contributed by atoms with van der Waals surface area (Å²) in [6.45, 7) is 1.94. The van der Waals surface area contributed by atoms with E-state index in [0.29, 0.717) is 6.42 Å². The molecule has 0 fully saturated rings. The third-order valence-electron chi connectivity index (χ3n) is 3.74. The molecule has 0 aliphatic heterocycles. The SMILES string of the molecule is CC(Oc1ccc2c(c1)CCC2C(=O)O)n1ccnc1. The van der Waals surface area contributed by atoms with Gasteiger partial charge in [-0.2, -0.15) is 0 Å². The number of aromatic nitrogens is 2. The summed E-state index contributed by atoms with van der Waals surface area (Å²) in [7, 11) is 0. The Balaban J connectivity index is 1.78. The molecule has 5 heteroatoms. The predicted octanol–water partition coefficient (Wildman–Crippen LogP) is 2.59. The van der Waals surface area contributed by atoms with E-state index in [1.54, 1.807) is 12.5 Å². The molecule has 0 saturated carbocycles. The summed E-state index contributed by atoms with van der Waals surface area (Å²) in [4.78, 5) is 15.1. The van der Waals surface area contributed by atoms with Gasteiger partial charge in [-0.05, 0) is 43.0 Å². The lowest BCUT2D eigenvalue weighted by Gasteiger charge is -2.16. The second kappa shape index (κ2) is 5.00. The number of hydrogen-bond acceptors (Lipinski definition) is 3. The van der Waals surface area contributed by atoms with Crippen molar-refractivity contribution in [2.45, 2.75) is 31.9 Å². The highest BCUT2D eigenvalue weighted by molar-refractivity contribution is 5.78. The standard InChI is InChI=1S/C15H16N2O3/c1-10(17-7-6-16-9-17)20-12-3-5-13-11(8-12)2-4-14(13)15(18)19/h3,5-10,14H,2,4H2,1H3,(H,18,19). The number of carbonyl (C=O) groups is 1. The Bertz CT molecular complexity index is 622. The van der Waals surface area contributed by atoms with Crippen LogP contribution in [-0.2, 0) is 11.2 Å². The summed E-state index contributed by atoms with van der Waals surface area (Å²) in [6.07, 6.45) is 6.58. The fourth-order valence-corrected chi connectivity index (χ4v) is 2.67. The summed E-state index contributed by atoms with van der Waals surface area (Å²) in [5.74, 6) is -0.356. The molecule has 1 aliphatic rings. The summed E-state index contributed by atoms with van der Waals surface area (Å²) in [5.41, 5.74) is 1.99. The van der Waals surface area contributed by atoms with E-state index >= 15 is 0 Å². The fraction of sp³-hybridized carbons (Fsp3) is 0.333. The van der Waals surface area contributed by atoms with Crippen LogP contribution in [-0.4, -0.2) is 20.6 Å². The highest BCUT2D eigenvalue weighted by Gasteiger charge is 2.28. The molecule has 3 rings (SSSR count). The predicted molar refractivity (Wildman–Crippen MR) is 72.7 cm³/mol. The van der Waals surface area contributed by atoms with Crippen molar-refractivity contribution in [2.75, 3.05) is 0 Å². The van der Waals surface area contributed by atoms with Gasteiger partial charge in [0.15, 0.2) is 6.23 Å². The van der Waals surface area contributed by atoms with Gasteiger partial charge >= 0.3 is 5.97 Å². The third-order valence-corrected chi connectivity index (χ3v) is 3.74. The monoisotopic (exact) mass is 272 g/mol. The largest absolute Gasteiger partial charge is 0.481 e. The van der Waals surface area contributed by atoms with Crippen LogP contribution in [0.2, 0.25) is 0 Å². The van der Waals surface area contributed by atoms with E-state index in [0.717, 1.165) is 23.3 Å². The first-order valence-corrected chi connectivity index (χ1v) is 6.65. The van der Waals surface area contributed by atoms with E-state index in [9.17, 15) is 4.79 Å². The first-order valence-electron chi connectivity index (χ1n) is 6.65. The lowest BCUT2D eigenvalue weighted by Crippen LogP contribution is -2.10. The van der Waals surface area contributed by atoms with Crippen molar-refractivity contribution in [1.82, 2.24) is 9.55 Å². The van der Waals surface area contributed by atoms with Crippen molar-refractivity contribution in [2.24, 2.45) is 0 Å². The van der Waals surface area contributed by atoms with E-state index in [4.69, 9.17) is 9.84 Å². The number of carboxylic acid groups (broad SMARTS) is 1. The zero-order valence-electron chi connectivity index (χ0n) is 11.2. The lowest BCUT2D eigenvalue weighted by atomic mass is 10.0. The van der Waals surface area contributed by atoms with Gasteiger partial charge in [0, 0.05) is 12.4 Å². The molecular formula is C15H16N2O3. The van der Waals surface area contributed by atoms with Gasteiger partial charge in [-0.15, -0.1) is 0 Å². The maximum atomic E-state index is 11.1. The number of rotatable bonds is 4. The Morgan fingerprint density at radius 2 is 2.40 bits per heavy atom. The van der Waals surface area contributed by atoms with Crippen molar-refractivity contribution < 1.29 is 14.6 Å². The molecule has 5 nitrogen and oxygen atoms in total.